The van der Waals surface area contributed by atoms with Gasteiger partial charge in [0.1, 0.15) is 6.67 Å². The molecule has 0 saturated heterocycles. The van der Waals surface area contributed by atoms with Gasteiger partial charge in [-0.05, 0) is 100 Å². The molecule has 0 radical (unpaired) electrons. The van der Waals surface area contributed by atoms with Crippen LogP contribution in [-0.4, -0.2) is 39.8 Å². The lowest BCUT2D eigenvalue weighted by molar-refractivity contribution is 0.0596. The number of alkyl halides is 1. The molecule has 0 bridgehead atoms. The number of fused-ring (bicyclic) bond motifs is 1. The molecule has 6 atom stereocenters. The summed E-state index contributed by atoms with van der Waals surface area (Å²) in [5.41, 5.74) is 2.79. The van der Waals surface area contributed by atoms with Gasteiger partial charge >= 0.3 is 0 Å². The Hall–Kier alpha value is -0.970. The molecule has 182 valence electrons. The lowest BCUT2D eigenvalue weighted by Crippen LogP contribution is -2.36. The lowest BCUT2D eigenvalue weighted by Gasteiger charge is -2.44. The lowest BCUT2D eigenvalue weighted by atomic mass is 9.60. The minimum Gasteiger partial charge on any atom is -0.390 e. The summed E-state index contributed by atoms with van der Waals surface area (Å²) in [7, 11) is 0. The van der Waals surface area contributed by atoms with Crippen LogP contribution in [0.2, 0.25) is 0 Å². The topological polar surface area (TPSA) is 60.7 Å². The van der Waals surface area contributed by atoms with E-state index in [2.05, 4.69) is 26.0 Å². The summed E-state index contributed by atoms with van der Waals surface area (Å²) in [5.74, 6) is 2.03. The quantitative estimate of drug-likeness (QED) is 0.416. The summed E-state index contributed by atoms with van der Waals surface area (Å²) >= 11 is 0. The van der Waals surface area contributed by atoms with E-state index in [9.17, 15) is 19.7 Å². The van der Waals surface area contributed by atoms with Gasteiger partial charge < -0.3 is 15.3 Å². The molecule has 32 heavy (non-hydrogen) atoms. The summed E-state index contributed by atoms with van der Waals surface area (Å²) in [6.45, 7) is 8.07. The molecule has 4 heteroatoms. The third-order valence-electron chi connectivity index (χ3n) is 8.70. The maximum atomic E-state index is 12.6. The second-order valence-electron chi connectivity index (χ2n) is 11.6. The molecule has 0 aliphatic heterocycles. The third kappa shape index (κ3) is 5.93. The van der Waals surface area contributed by atoms with E-state index in [0.717, 1.165) is 30.8 Å². The van der Waals surface area contributed by atoms with Crippen LogP contribution in [-0.2, 0) is 0 Å². The number of halogens is 1. The van der Waals surface area contributed by atoms with Crippen molar-refractivity contribution >= 4 is 0 Å². The highest BCUT2D eigenvalue weighted by Gasteiger charge is 2.50. The molecule has 1 unspecified atom stereocenters. The Labute approximate surface area is 194 Å². The van der Waals surface area contributed by atoms with E-state index in [1.54, 1.807) is 0 Å². The fourth-order valence-corrected chi connectivity index (χ4v) is 7.03. The smallest absolute Gasteiger partial charge is 0.108 e. The van der Waals surface area contributed by atoms with Crippen LogP contribution in [0.25, 0.3) is 0 Å². The van der Waals surface area contributed by atoms with Crippen molar-refractivity contribution in [1.29, 1.82) is 0 Å². The normalized spacial score (nSPS) is 35.7. The zero-order chi connectivity index (χ0) is 23.5. The first-order valence-corrected chi connectivity index (χ1v) is 12.8. The average Bonchev–Trinajstić information content (AvgIpc) is 3.05. The molecule has 3 aliphatic carbocycles. The van der Waals surface area contributed by atoms with Crippen LogP contribution in [0, 0.1) is 23.2 Å². The predicted molar refractivity (Wildman–Crippen MR) is 129 cm³/mol. The van der Waals surface area contributed by atoms with Crippen molar-refractivity contribution in [1.82, 2.24) is 0 Å². The first kappa shape index (κ1) is 25.6. The molecule has 0 aromatic carbocycles. The van der Waals surface area contributed by atoms with Gasteiger partial charge in [0.15, 0.2) is 0 Å². The van der Waals surface area contributed by atoms with E-state index in [0.29, 0.717) is 35.7 Å². The van der Waals surface area contributed by atoms with Crippen LogP contribution in [0.5, 0.6) is 0 Å². The molecule has 0 spiro atoms. The molecule has 3 fully saturated rings. The zero-order valence-electron chi connectivity index (χ0n) is 20.6. The Morgan fingerprint density at radius 2 is 1.84 bits per heavy atom. The van der Waals surface area contributed by atoms with Crippen LogP contribution in [0.4, 0.5) is 4.39 Å². The van der Waals surface area contributed by atoms with E-state index in [1.165, 1.54) is 43.8 Å². The molecule has 3 N–H and O–H groups in total. The van der Waals surface area contributed by atoms with Crippen LogP contribution < -0.4 is 0 Å². The number of hydrogen-bond donors (Lipinski definition) is 3. The zero-order valence-corrected chi connectivity index (χ0v) is 20.6. The van der Waals surface area contributed by atoms with Gasteiger partial charge in [-0.3, -0.25) is 0 Å². The molecule has 3 nitrogen and oxygen atoms in total. The van der Waals surface area contributed by atoms with Crippen molar-refractivity contribution in [3.05, 3.63) is 34.9 Å². The van der Waals surface area contributed by atoms with Gasteiger partial charge in [0, 0.05) is 0 Å². The van der Waals surface area contributed by atoms with Gasteiger partial charge in [-0.2, -0.15) is 0 Å². The minimum atomic E-state index is -0.781. The highest BCUT2D eigenvalue weighted by Crippen LogP contribution is 2.60. The van der Waals surface area contributed by atoms with Crippen LogP contribution in [0.15, 0.2) is 34.9 Å². The first-order valence-electron chi connectivity index (χ1n) is 12.8. The summed E-state index contributed by atoms with van der Waals surface area (Å²) in [6, 6.07) is 0. The van der Waals surface area contributed by atoms with Crippen molar-refractivity contribution in [2.24, 2.45) is 23.2 Å². The molecule has 3 aliphatic rings. The number of hydrogen-bond acceptors (Lipinski definition) is 3. The Morgan fingerprint density at radius 1 is 1.16 bits per heavy atom. The standard InChI is InChI=1S/C28H45FO3/c1-19(7-5-14-27(2,3)32)23-11-12-24-21(8-6-15-28(23,24)4)10-9-20-17-25(30)22(13-16-29)26(31)18-20/h9-10,13,19,23-26,30-32H,5-8,11-12,14-18H2,1-4H3/b20-9?,21-10+,22-13?/t19-,23+,24?,25+,26+,28+/m0/s1. The maximum Gasteiger partial charge on any atom is 0.108 e. The van der Waals surface area contributed by atoms with Crippen LogP contribution >= 0.6 is 0 Å². The summed E-state index contributed by atoms with van der Waals surface area (Å²) in [6.07, 6.45) is 14.5. The van der Waals surface area contributed by atoms with Gasteiger partial charge in [0.2, 0.25) is 0 Å². The summed E-state index contributed by atoms with van der Waals surface area (Å²) in [5, 5.41) is 30.7. The monoisotopic (exact) mass is 448 g/mol. The van der Waals surface area contributed by atoms with Gasteiger partial charge in [0.05, 0.1) is 17.8 Å². The third-order valence-corrected chi connectivity index (χ3v) is 8.70. The largest absolute Gasteiger partial charge is 0.390 e. The Balaban J connectivity index is 1.67. The van der Waals surface area contributed by atoms with Gasteiger partial charge in [-0.1, -0.05) is 50.0 Å². The molecule has 0 heterocycles. The fraction of sp³-hybridized carbons (Fsp3) is 0.786. The molecule has 3 saturated carbocycles. The van der Waals surface area contributed by atoms with Crippen LogP contribution in [0.1, 0.15) is 91.9 Å². The second kappa shape index (κ2) is 10.5. The van der Waals surface area contributed by atoms with Gasteiger partial charge in [-0.25, -0.2) is 4.39 Å². The van der Waals surface area contributed by atoms with E-state index >= 15 is 0 Å². The van der Waals surface area contributed by atoms with Crippen LogP contribution in [0.3, 0.4) is 0 Å². The van der Waals surface area contributed by atoms with E-state index in [-0.39, 0.29) is 0 Å². The Kier molecular flexibility index (Phi) is 8.44. The molecule has 0 amide bonds. The first-order chi connectivity index (χ1) is 15.0. The molecular weight excluding hydrogens is 403 g/mol. The van der Waals surface area contributed by atoms with Crippen molar-refractivity contribution < 1.29 is 19.7 Å². The number of rotatable bonds is 7. The highest BCUT2D eigenvalue weighted by atomic mass is 19.1. The molecular formula is C28H45FO3. The molecule has 3 rings (SSSR count). The predicted octanol–water partition coefficient (Wildman–Crippen LogP) is 6.04. The maximum absolute atomic E-state index is 12.6. The van der Waals surface area contributed by atoms with E-state index < -0.39 is 24.5 Å². The van der Waals surface area contributed by atoms with Crippen molar-refractivity contribution in [3.63, 3.8) is 0 Å². The van der Waals surface area contributed by atoms with E-state index in [4.69, 9.17) is 0 Å². The van der Waals surface area contributed by atoms with Crippen molar-refractivity contribution in [2.45, 2.75) is 110 Å². The summed E-state index contributed by atoms with van der Waals surface area (Å²) in [4.78, 5) is 0. The Bertz CT molecular complexity index is 715. The Morgan fingerprint density at radius 3 is 2.47 bits per heavy atom. The minimum absolute atomic E-state index is 0.347. The SMILES string of the molecule is C[C@@H](CCCC(C)(C)O)[C@H]1CCC2/C(=C/C=C3C[C@@H](O)C(=CCF)[C@H](O)C3)CCC[C@@]21C. The highest BCUT2D eigenvalue weighted by molar-refractivity contribution is 5.30. The second-order valence-corrected chi connectivity index (χ2v) is 11.6. The average molecular weight is 449 g/mol. The summed E-state index contributed by atoms with van der Waals surface area (Å²) < 4.78 is 12.6. The van der Waals surface area contributed by atoms with Crippen molar-refractivity contribution in [2.75, 3.05) is 6.67 Å². The molecule has 0 aromatic heterocycles. The number of aliphatic hydroxyl groups excluding tert-OH is 2. The fourth-order valence-electron chi connectivity index (χ4n) is 7.03. The number of allylic oxidation sites excluding steroid dienone is 4. The van der Waals surface area contributed by atoms with E-state index in [1.807, 2.05) is 13.8 Å². The van der Waals surface area contributed by atoms with Crippen molar-refractivity contribution in [3.8, 4) is 0 Å². The van der Waals surface area contributed by atoms with Gasteiger partial charge in [-0.15, -0.1) is 0 Å². The number of aliphatic hydroxyl groups is 3. The molecule has 0 aromatic rings. The van der Waals surface area contributed by atoms with Gasteiger partial charge in [0.25, 0.3) is 0 Å².